The van der Waals surface area contributed by atoms with Gasteiger partial charge in [-0.3, -0.25) is 15.0 Å². The fourth-order valence-electron chi connectivity index (χ4n) is 2.20. The van der Waals surface area contributed by atoms with Crippen LogP contribution in [0.2, 0.25) is 0 Å². The van der Waals surface area contributed by atoms with E-state index < -0.39 is 12.0 Å². The summed E-state index contributed by atoms with van der Waals surface area (Å²) in [6, 6.07) is -0.786. The van der Waals surface area contributed by atoms with Crippen LogP contribution in [-0.4, -0.2) is 53.9 Å². The number of carbonyl (C=O) groups excluding carboxylic acids is 1. The van der Waals surface area contributed by atoms with Gasteiger partial charge in [0.15, 0.2) is 5.96 Å². The number of nitrogens with two attached hydrogens (primary N) is 2. The van der Waals surface area contributed by atoms with E-state index in [1.807, 2.05) is 0 Å². The predicted molar refractivity (Wildman–Crippen MR) is 114 cm³/mol. The Labute approximate surface area is 169 Å². The van der Waals surface area contributed by atoms with Crippen LogP contribution in [0.4, 0.5) is 0 Å². The zero-order valence-corrected chi connectivity index (χ0v) is 18.0. The van der Waals surface area contributed by atoms with Gasteiger partial charge in [0.1, 0.15) is 6.04 Å². The molecule has 0 aliphatic rings. The summed E-state index contributed by atoms with van der Waals surface area (Å²) in [6.07, 6.45) is 11.3. The number of carboxylic acids is 1. The molecule has 164 valence electrons. The molecule has 0 saturated heterocycles. The number of aliphatic imine (C=N–C) groups is 1. The number of nitrogens with zero attached hydrogens (tertiary/aromatic N) is 2. The van der Waals surface area contributed by atoms with Gasteiger partial charge in [-0.2, -0.15) is 4.99 Å². The molecular formula is C19H40N6O3. The molecule has 0 aromatic heterocycles. The molecule has 0 saturated carbocycles. The number of hydrogen-bond acceptors (Lipinski definition) is 3. The molecule has 0 aliphatic heterocycles. The molecule has 0 aromatic rings. The minimum Gasteiger partial charge on any atom is -0.480 e. The summed E-state index contributed by atoms with van der Waals surface area (Å²) < 4.78 is 0. The SMILES string of the molecule is CCCCCCCCCCCC(=O)N[C@@H](C)C(=O)O.CN(C)C(N)=NC(=N)N. The normalized spacial score (nSPS) is 11.8. The van der Waals surface area contributed by atoms with Gasteiger partial charge in [-0.25, -0.2) is 0 Å². The number of carbonyl (C=O) groups is 2. The van der Waals surface area contributed by atoms with E-state index in [0.29, 0.717) is 6.42 Å². The second-order valence-electron chi connectivity index (χ2n) is 6.96. The van der Waals surface area contributed by atoms with Crippen molar-refractivity contribution < 1.29 is 14.7 Å². The molecule has 0 rings (SSSR count). The minimum absolute atomic E-state index is 0.155. The van der Waals surface area contributed by atoms with Gasteiger partial charge >= 0.3 is 5.97 Å². The first-order valence-electron chi connectivity index (χ1n) is 9.99. The molecule has 9 nitrogen and oxygen atoms in total. The van der Waals surface area contributed by atoms with Crippen LogP contribution in [0.25, 0.3) is 0 Å². The van der Waals surface area contributed by atoms with Gasteiger partial charge in [0.2, 0.25) is 11.9 Å². The van der Waals surface area contributed by atoms with E-state index >= 15 is 0 Å². The lowest BCUT2D eigenvalue weighted by Gasteiger charge is -2.08. The number of hydrogen-bond donors (Lipinski definition) is 5. The Hall–Kier alpha value is -2.32. The molecule has 9 heteroatoms. The van der Waals surface area contributed by atoms with Crippen molar-refractivity contribution in [1.29, 1.82) is 5.41 Å². The second kappa shape index (κ2) is 18.1. The van der Waals surface area contributed by atoms with Gasteiger partial charge < -0.3 is 26.8 Å². The van der Waals surface area contributed by atoms with Crippen LogP contribution in [-0.2, 0) is 9.59 Å². The molecule has 0 aromatic carbocycles. The van der Waals surface area contributed by atoms with Gasteiger partial charge in [-0.1, -0.05) is 58.3 Å². The highest BCUT2D eigenvalue weighted by Gasteiger charge is 2.12. The van der Waals surface area contributed by atoms with E-state index in [9.17, 15) is 9.59 Å². The van der Waals surface area contributed by atoms with Gasteiger partial charge in [0, 0.05) is 20.5 Å². The molecule has 7 N–H and O–H groups in total. The summed E-state index contributed by atoms with van der Waals surface area (Å²) in [5.41, 5.74) is 10.2. The molecule has 0 fully saturated rings. The molecule has 0 radical (unpaired) electrons. The van der Waals surface area contributed by atoms with Crippen molar-refractivity contribution in [3.05, 3.63) is 0 Å². The van der Waals surface area contributed by atoms with Gasteiger partial charge in [0.05, 0.1) is 0 Å². The highest BCUT2D eigenvalue weighted by atomic mass is 16.4. The Morgan fingerprint density at radius 2 is 1.50 bits per heavy atom. The minimum atomic E-state index is -0.986. The van der Waals surface area contributed by atoms with Crippen LogP contribution in [0.5, 0.6) is 0 Å². The van der Waals surface area contributed by atoms with Crippen molar-refractivity contribution in [2.24, 2.45) is 16.5 Å². The number of guanidine groups is 2. The molecule has 0 bridgehead atoms. The van der Waals surface area contributed by atoms with E-state index in [4.69, 9.17) is 22.0 Å². The van der Waals surface area contributed by atoms with Crippen LogP contribution < -0.4 is 16.8 Å². The lowest BCUT2D eigenvalue weighted by Crippen LogP contribution is -2.38. The lowest BCUT2D eigenvalue weighted by molar-refractivity contribution is -0.141. The fraction of sp³-hybridized carbons (Fsp3) is 0.789. The first-order valence-corrected chi connectivity index (χ1v) is 9.99. The zero-order valence-electron chi connectivity index (χ0n) is 18.0. The number of nitrogens with one attached hydrogen (secondary N) is 2. The Balaban J connectivity index is 0. The molecule has 28 heavy (non-hydrogen) atoms. The maximum atomic E-state index is 11.4. The summed E-state index contributed by atoms with van der Waals surface area (Å²) in [6.45, 7) is 3.70. The smallest absolute Gasteiger partial charge is 0.325 e. The molecule has 0 heterocycles. The van der Waals surface area contributed by atoms with E-state index in [2.05, 4.69) is 17.2 Å². The summed E-state index contributed by atoms with van der Waals surface area (Å²) in [5, 5.41) is 17.8. The fourth-order valence-corrected chi connectivity index (χ4v) is 2.20. The van der Waals surface area contributed by atoms with Crippen molar-refractivity contribution in [2.75, 3.05) is 14.1 Å². The van der Waals surface area contributed by atoms with E-state index in [1.165, 1.54) is 51.9 Å². The van der Waals surface area contributed by atoms with Crippen molar-refractivity contribution in [3.63, 3.8) is 0 Å². The number of amides is 1. The van der Waals surface area contributed by atoms with Gasteiger partial charge in [-0.05, 0) is 13.3 Å². The molecule has 1 atom stereocenters. The highest BCUT2D eigenvalue weighted by molar-refractivity contribution is 5.91. The third-order valence-electron chi connectivity index (χ3n) is 3.95. The quantitative estimate of drug-likeness (QED) is 0.192. The second-order valence-corrected chi connectivity index (χ2v) is 6.96. The van der Waals surface area contributed by atoms with E-state index in [1.54, 1.807) is 19.0 Å². The lowest BCUT2D eigenvalue weighted by atomic mass is 10.1. The van der Waals surface area contributed by atoms with Crippen molar-refractivity contribution in [3.8, 4) is 0 Å². The Morgan fingerprint density at radius 1 is 1.04 bits per heavy atom. The first-order chi connectivity index (χ1) is 13.1. The van der Waals surface area contributed by atoms with Crippen LogP contribution in [0, 0.1) is 5.41 Å². The first kappa shape index (κ1) is 27.9. The Bertz CT molecular complexity index is 480. The topological polar surface area (TPSA) is 158 Å². The Kier molecular flexibility index (Phi) is 18.0. The maximum Gasteiger partial charge on any atom is 0.325 e. The van der Waals surface area contributed by atoms with Crippen molar-refractivity contribution in [1.82, 2.24) is 10.2 Å². The summed E-state index contributed by atoms with van der Waals surface area (Å²) in [4.78, 5) is 27.0. The average molecular weight is 401 g/mol. The third-order valence-corrected chi connectivity index (χ3v) is 3.95. The van der Waals surface area contributed by atoms with Crippen LogP contribution in [0.3, 0.4) is 0 Å². The average Bonchev–Trinajstić information content (AvgIpc) is 2.60. The van der Waals surface area contributed by atoms with Crippen LogP contribution in [0.1, 0.15) is 78.1 Å². The molecule has 0 aliphatic carbocycles. The predicted octanol–water partition coefficient (Wildman–Crippen LogP) is 2.25. The highest BCUT2D eigenvalue weighted by Crippen LogP contribution is 2.10. The number of aliphatic carboxylic acids is 1. The number of unbranched alkanes of at least 4 members (excludes halogenated alkanes) is 8. The van der Waals surface area contributed by atoms with Crippen molar-refractivity contribution in [2.45, 2.75) is 84.1 Å². The summed E-state index contributed by atoms with van der Waals surface area (Å²) in [5.74, 6) is -1.18. The molecule has 0 spiro atoms. The summed E-state index contributed by atoms with van der Waals surface area (Å²) in [7, 11) is 3.45. The number of carboxylic acid groups (broad SMARTS) is 1. The van der Waals surface area contributed by atoms with Gasteiger partial charge in [-0.15, -0.1) is 0 Å². The Morgan fingerprint density at radius 3 is 1.86 bits per heavy atom. The maximum absolute atomic E-state index is 11.4. The molecular weight excluding hydrogens is 360 g/mol. The van der Waals surface area contributed by atoms with Crippen molar-refractivity contribution >= 4 is 23.8 Å². The monoisotopic (exact) mass is 400 g/mol. The standard InChI is InChI=1S/C15H29NO3.C4H11N5/c1-3-4-5-6-7-8-9-10-11-12-14(17)16-13(2)15(18)19;1-9(2)4(7)8-3(5)6/h13H,3-12H2,1-2H3,(H,16,17)(H,18,19);1-2H3,(H5,5,6,7,8)/t13-;/m0./s1. The van der Waals surface area contributed by atoms with E-state index in [-0.39, 0.29) is 17.8 Å². The van der Waals surface area contributed by atoms with Crippen LogP contribution in [0.15, 0.2) is 4.99 Å². The molecule has 1 amide bonds. The zero-order chi connectivity index (χ0) is 21.9. The molecule has 0 unspecified atom stereocenters. The third kappa shape index (κ3) is 20.0. The van der Waals surface area contributed by atoms with Gasteiger partial charge in [0.25, 0.3) is 0 Å². The van der Waals surface area contributed by atoms with E-state index in [0.717, 1.165) is 12.8 Å². The largest absolute Gasteiger partial charge is 0.480 e. The van der Waals surface area contributed by atoms with Crippen LogP contribution >= 0.6 is 0 Å². The number of rotatable bonds is 12. The summed E-state index contributed by atoms with van der Waals surface area (Å²) >= 11 is 0.